The van der Waals surface area contributed by atoms with Gasteiger partial charge in [0.25, 0.3) is 5.22 Å². The molecule has 0 saturated heterocycles. The molecule has 2 aromatic heterocycles. The molecule has 0 aliphatic carbocycles. The minimum Gasteiger partial charge on any atom is -0.411 e. The zero-order chi connectivity index (χ0) is 17.2. The van der Waals surface area contributed by atoms with Crippen molar-refractivity contribution in [2.75, 3.05) is 5.73 Å². The molecule has 25 heavy (non-hydrogen) atoms. The first kappa shape index (κ1) is 15.9. The quantitative estimate of drug-likeness (QED) is 0.539. The van der Waals surface area contributed by atoms with E-state index in [1.165, 1.54) is 11.8 Å². The van der Waals surface area contributed by atoms with Crippen LogP contribution in [0.25, 0.3) is 22.4 Å². The largest absolute Gasteiger partial charge is 0.411 e. The summed E-state index contributed by atoms with van der Waals surface area (Å²) >= 11 is 7.34. The Hall–Kier alpha value is -2.64. The standard InChI is InChI=1S/C17H12ClN5OS/c18-11-5-3-4-10(8-11)16-22-23-17(24-16)25-9-14-20-13-7-2-1-6-12(13)15(19)21-14/h1-8H,9H2,(H2,19,20,21). The topological polar surface area (TPSA) is 90.7 Å². The summed E-state index contributed by atoms with van der Waals surface area (Å²) in [5.74, 6) is 1.98. The van der Waals surface area contributed by atoms with Crippen molar-refractivity contribution >= 4 is 40.1 Å². The van der Waals surface area contributed by atoms with Crippen LogP contribution < -0.4 is 5.73 Å². The summed E-state index contributed by atoms with van der Waals surface area (Å²) in [6.07, 6.45) is 0. The highest BCUT2D eigenvalue weighted by molar-refractivity contribution is 7.98. The number of rotatable bonds is 4. The monoisotopic (exact) mass is 369 g/mol. The highest BCUT2D eigenvalue weighted by atomic mass is 35.5. The SMILES string of the molecule is Nc1nc(CSc2nnc(-c3cccc(Cl)c3)o2)nc2ccccc12. The first-order valence-electron chi connectivity index (χ1n) is 7.42. The fraction of sp³-hybridized carbons (Fsp3) is 0.0588. The van der Waals surface area contributed by atoms with Crippen LogP contribution in [-0.4, -0.2) is 20.2 Å². The minimum atomic E-state index is 0.420. The average Bonchev–Trinajstić information content (AvgIpc) is 3.09. The third kappa shape index (κ3) is 3.42. The van der Waals surface area contributed by atoms with E-state index in [9.17, 15) is 0 Å². The van der Waals surface area contributed by atoms with Crippen LogP contribution in [0.2, 0.25) is 5.02 Å². The highest BCUT2D eigenvalue weighted by Crippen LogP contribution is 2.27. The van der Waals surface area contributed by atoms with E-state index >= 15 is 0 Å². The average molecular weight is 370 g/mol. The number of nitrogens with two attached hydrogens (primary N) is 1. The van der Waals surface area contributed by atoms with Crippen LogP contribution in [0.15, 0.2) is 58.2 Å². The molecule has 6 nitrogen and oxygen atoms in total. The number of anilines is 1. The third-order valence-corrected chi connectivity index (χ3v) is 4.53. The number of hydrogen-bond donors (Lipinski definition) is 1. The van der Waals surface area contributed by atoms with E-state index in [-0.39, 0.29) is 0 Å². The number of thioether (sulfide) groups is 1. The number of nitrogen functional groups attached to an aromatic ring is 1. The molecule has 0 radical (unpaired) electrons. The summed E-state index contributed by atoms with van der Waals surface area (Å²) < 4.78 is 5.66. The molecule has 0 fully saturated rings. The molecule has 0 aliphatic heterocycles. The van der Waals surface area contributed by atoms with E-state index in [4.69, 9.17) is 21.8 Å². The van der Waals surface area contributed by atoms with Crippen molar-refractivity contribution in [3.8, 4) is 11.5 Å². The molecule has 0 amide bonds. The summed E-state index contributed by atoms with van der Waals surface area (Å²) in [4.78, 5) is 8.84. The molecule has 0 saturated carbocycles. The summed E-state index contributed by atoms with van der Waals surface area (Å²) in [5.41, 5.74) is 7.59. The van der Waals surface area contributed by atoms with Crippen LogP contribution in [-0.2, 0) is 5.75 Å². The molecule has 2 heterocycles. The maximum absolute atomic E-state index is 6.00. The van der Waals surface area contributed by atoms with E-state index in [2.05, 4.69) is 20.2 Å². The lowest BCUT2D eigenvalue weighted by Crippen LogP contribution is -1.99. The number of hydrogen-bond acceptors (Lipinski definition) is 7. The van der Waals surface area contributed by atoms with Gasteiger partial charge in [-0.1, -0.05) is 41.6 Å². The number of benzene rings is 2. The molecular formula is C17H12ClN5OS. The lowest BCUT2D eigenvalue weighted by Gasteiger charge is -2.03. The molecule has 4 aromatic rings. The molecule has 124 valence electrons. The van der Waals surface area contributed by atoms with Gasteiger partial charge in [-0.2, -0.15) is 0 Å². The van der Waals surface area contributed by atoms with Gasteiger partial charge in [0, 0.05) is 16.0 Å². The van der Waals surface area contributed by atoms with Gasteiger partial charge >= 0.3 is 0 Å². The summed E-state index contributed by atoms with van der Waals surface area (Å²) in [6, 6.07) is 14.9. The maximum atomic E-state index is 6.00. The fourth-order valence-electron chi connectivity index (χ4n) is 2.35. The van der Waals surface area contributed by atoms with Crippen molar-refractivity contribution in [2.45, 2.75) is 11.0 Å². The normalized spacial score (nSPS) is 11.1. The van der Waals surface area contributed by atoms with Gasteiger partial charge in [-0.25, -0.2) is 9.97 Å². The second-order valence-electron chi connectivity index (χ2n) is 5.21. The smallest absolute Gasteiger partial charge is 0.277 e. The highest BCUT2D eigenvalue weighted by Gasteiger charge is 2.11. The van der Waals surface area contributed by atoms with Crippen LogP contribution in [0.1, 0.15) is 5.82 Å². The summed E-state index contributed by atoms with van der Waals surface area (Å²) in [7, 11) is 0. The molecule has 0 bridgehead atoms. The molecule has 0 unspecified atom stereocenters. The molecule has 0 spiro atoms. The Morgan fingerprint density at radius 3 is 2.80 bits per heavy atom. The second kappa shape index (κ2) is 6.70. The Labute approximate surface area is 152 Å². The van der Waals surface area contributed by atoms with E-state index < -0.39 is 0 Å². The van der Waals surface area contributed by atoms with Gasteiger partial charge in [-0.15, -0.1) is 10.2 Å². The zero-order valence-electron chi connectivity index (χ0n) is 12.9. The first-order valence-corrected chi connectivity index (χ1v) is 8.79. The van der Waals surface area contributed by atoms with E-state index in [1.807, 2.05) is 36.4 Å². The lowest BCUT2D eigenvalue weighted by atomic mass is 10.2. The van der Waals surface area contributed by atoms with Crippen LogP contribution in [0.3, 0.4) is 0 Å². The van der Waals surface area contributed by atoms with Crippen molar-refractivity contribution in [2.24, 2.45) is 0 Å². The Morgan fingerprint density at radius 1 is 1.04 bits per heavy atom. The van der Waals surface area contributed by atoms with Crippen LogP contribution in [0.5, 0.6) is 0 Å². The van der Waals surface area contributed by atoms with Gasteiger partial charge in [0.2, 0.25) is 5.89 Å². The maximum Gasteiger partial charge on any atom is 0.277 e. The zero-order valence-corrected chi connectivity index (χ0v) is 14.5. The molecule has 2 N–H and O–H groups in total. The van der Waals surface area contributed by atoms with E-state index in [1.54, 1.807) is 12.1 Å². The predicted molar refractivity (Wildman–Crippen MR) is 98.3 cm³/mol. The van der Waals surface area contributed by atoms with Crippen LogP contribution in [0, 0.1) is 0 Å². The van der Waals surface area contributed by atoms with Gasteiger partial charge < -0.3 is 10.2 Å². The Bertz CT molecular complexity index is 1050. The number of aromatic nitrogens is 4. The van der Waals surface area contributed by atoms with Crippen LogP contribution >= 0.6 is 23.4 Å². The van der Waals surface area contributed by atoms with Gasteiger partial charge in [0.15, 0.2) is 0 Å². The van der Waals surface area contributed by atoms with Crippen LogP contribution in [0.4, 0.5) is 5.82 Å². The summed E-state index contributed by atoms with van der Waals surface area (Å²) in [6.45, 7) is 0. The molecule has 4 rings (SSSR count). The minimum absolute atomic E-state index is 0.420. The van der Waals surface area contributed by atoms with E-state index in [0.29, 0.717) is 33.5 Å². The summed E-state index contributed by atoms with van der Waals surface area (Å²) in [5, 5.41) is 9.98. The van der Waals surface area contributed by atoms with Gasteiger partial charge in [-0.05, 0) is 30.3 Å². The number of halogens is 1. The number of fused-ring (bicyclic) bond motifs is 1. The van der Waals surface area contributed by atoms with Crippen molar-refractivity contribution in [3.05, 3.63) is 59.4 Å². The molecule has 0 aliphatic rings. The Morgan fingerprint density at radius 2 is 1.92 bits per heavy atom. The third-order valence-electron chi connectivity index (χ3n) is 3.48. The van der Waals surface area contributed by atoms with Gasteiger partial charge in [0.05, 0.1) is 11.3 Å². The van der Waals surface area contributed by atoms with Gasteiger partial charge in [-0.3, -0.25) is 0 Å². The number of para-hydroxylation sites is 1. The fourth-order valence-corrected chi connectivity index (χ4v) is 3.16. The van der Waals surface area contributed by atoms with Crippen molar-refractivity contribution in [1.29, 1.82) is 0 Å². The Kier molecular flexibility index (Phi) is 4.25. The molecule has 0 atom stereocenters. The lowest BCUT2D eigenvalue weighted by molar-refractivity contribution is 0.465. The van der Waals surface area contributed by atoms with E-state index in [0.717, 1.165) is 16.5 Å². The van der Waals surface area contributed by atoms with Crippen molar-refractivity contribution in [3.63, 3.8) is 0 Å². The molecule has 2 aromatic carbocycles. The second-order valence-corrected chi connectivity index (χ2v) is 6.58. The first-order chi connectivity index (χ1) is 12.2. The van der Waals surface area contributed by atoms with Crippen molar-refractivity contribution < 1.29 is 4.42 Å². The predicted octanol–water partition coefficient (Wildman–Crippen LogP) is 4.21. The number of nitrogens with zero attached hydrogens (tertiary/aromatic N) is 4. The Balaban J connectivity index is 1.52. The molecule has 8 heteroatoms. The molecular weight excluding hydrogens is 358 g/mol. The van der Waals surface area contributed by atoms with Gasteiger partial charge in [0.1, 0.15) is 11.6 Å². The van der Waals surface area contributed by atoms with Crippen molar-refractivity contribution in [1.82, 2.24) is 20.2 Å².